The number of nitrogens with zero attached hydrogens (tertiary/aromatic N) is 1. The maximum atomic E-state index is 12.1. The third-order valence-corrected chi connectivity index (χ3v) is 4.20. The summed E-state index contributed by atoms with van der Waals surface area (Å²) in [5.41, 5.74) is 1.32. The first-order valence-electron chi connectivity index (χ1n) is 6.53. The summed E-state index contributed by atoms with van der Waals surface area (Å²) >= 11 is 1.87. The van der Waals surface area contributed by atoms with Crippen LogP contribution < -0.4 is 5.32 Å². The molecule has 0 radical (unpaired) electrons. The Morgan fingerprint density at radius 1 is 1.50 bits per heavy atom. The summed E-state index contributed by atoms with van der Waals surface area (Å²) in [7, 11) is 0. The first kappa shape index (κ1) is 14.7. The summed E-state index contributed by atoms with van der Waals surface area (Å²) in [6.45, 7) is 3.60. The number of anilines is 1. The summed E-state index contributed by atoms with van der Waals surface area (Å²) < 4.78 is 0. The van der Waals surface area contributed by atoms with E-state index in [1.807, 2.05) is 11.8 Å². The van der Waals surface area contributed by atoms with Crippen LogP contribution in [0.5, 0.6) is 0 Å². The second kappa shape index (κ2) is 6.65. The second-order valence-electron chi connectivity index (χ2n) is 4.83. The Bertz CT molecular complexity index is 507. The number of carboxylic acid groups (broad SMARTS) is 1. The monoisotopic (exact) mass is 294 g/mol. The Balaban J connectivity index is 1.98. The van der Waals surface area contributed by atoms with E-state index in [9.17, 15) is 9.59 Å². The molecule has 0 spiro atoms. The van der Waals surface area contributed by atoms with Crippen LogP contribution in [0.25, 0.3) is 0 Å². The zero-order valence-electron chi connectivity index (χ0n) is 11.3. The summed E-state index contributed by atoms with van der Waals surface area (Å²) in [4.78, 5) is 24.6. The van der Waals surface area contributed by atoms with Crippen molar-refractivity contribution in [3.8, 4) is 0 Å². The highest BCUT2D eigenvalue weighted by molar-refractivity contribution is 7.99. The summed E-state index contributed by atoms with van der Waals surface area (Å²) in [6, 6.07) is 6.84. The molecular weight excluding hydrogens is 276 g/mol. The number of nitrogens with one attached hydrogen (secondary N) is 1. The molecule has 2 N–H and O–H groups in total. The lowest BCUT2D eigenvalue weighted by atomic mass is 10.1. The fraction of sp³-hybridized carbons (Fsp3) is 0.429. The van der Waals surface area contributed by atoms with Gasteiger partial charge in [0.15, 0.2) is 0 Å². The van der Waals surface area contributed by atoms with Gasteiger partial charge in [-0.05, 0) is 17.7 Å². The Hall–Kier alpha value is -1.69. The molecule has 2 rings (SSSR count). The Kier molecular flexibility index (Phi) is 4.89. The van der Waals surface area contributed by atoms with Crippen molar-refractivity contribution in [2.75, 3.05) is 24.2 Å². The molecule has 1 aliphatic heterocycles. The minimum absolute atomic E-state index is 0.0406. The van der Waals surface area contributed by atoms with E-state index in [2.05, 4.69) is 12.2 Å². The average molecular weight is 294 g/mol. The minimum atomic E-state index is -0.879. The number of thioether (sulfide) groups is 1. The normalized spacial score (nSPS) is 18.6. The Morgan fingerprint density at radius 2 is 2.30 bits per heavy atom. The molecule has 1 unspecified atom stereocenters. The van der Waals surface area contributed by atoms with Crippen LogP contribution in [0.15, 0.2) is 24.3 Å². The fourth-order valence-electron chi connectivity index (χ4n) is 2.14. The van der Waals surface area contributed by atoms with Gasteiger partial charge >= 0.3 is 12.0 Å². The molecule has 1 aromatic rings. The molecule has 1 aliphatic rings. The van der Waals surface area contributed by atoms with Crippen molar-refractivity contribution in [1.82, 2.24) is 4.90 Å². The summed E-state index contributed by atoms with van der Waals surface area (Å²) in [5.74, 6) is 0.0727. The topological polar surface area (TPSA) is 69.6 Å². The van der Waals surface area contributed by atoms with Gasteiger partial charge in [-0.3, -0.25) is 4.79 Å². The molecule has 2 amide bonds. The van der Waals surface area contributed by atoms with Crippen LogP contribution in [0.2, 0.25) is 0 Å². The SMILES string of the molecule is CC1CN(C(=O)Nc2cccc(CC(=O)O)c2)CCS1. The largest absolute Gasteiger partial charge is 0.481 e. The van der Waals surface area contributed by atoms with E-state index < -0.39 is 5.97 Å². The molecule has 1 heterocycles. The smallest absolute Gasteiger partial charge is 0.321 e. The summed E-state index contributed by atoms with van der Waals surface area (Å²) in [5, 5.41) is 12.1. The van der Waals surface area contributed by atoms with Crippen molar-refractivity contribution in [2.24, 2.45) is 0 Å². The quantitative estimate of drug-likeness (QED) is 0.897. The standard InChI is InChI=1S/C14H18N2O3S/c1-10-9-16(5-6-20-10)14(19)15-12-4-2-3-11(7-12)8-13(17)18/h2-4,7,10H,5-6,8-9H2,1H3,(H,15,19)(H,17,18). The highest BCUT2D eigenvalue weighted by Crippen LogP contribution is 2.19. The fourth-order valence-corrected chi connectivity index (χ4v) is 3.15. The number of urea groups is 1. The molecule has 0 aromatic heterocycles. The third kappa shape index (κ3) is 4.16. The number of carbonyl (C=O) groups is 2. The average Bonchev–Trinajstić information content (AvgIpc) is 2.38. The summed E-state index contributed by atoms with van der Waals surface area (Å²) in [6.07, 6.45) is -0.0406. The van der Waals surface area contributed by atoms with Gasteiger partial charge in [0, 0.05) is 29.8 Å². The zero-order chi connectivity index (χ0) is 14.5. The molecule has 1 aromatic carbocycles. The number of carboxylic acids is 1. The molecule has 0 aliphatic carbocycles. The predicted molar refractivity (Wildman–Crippen MR) is 80.3 cm³/mol. The molecule has 6 heteroatoms. The van der Waals surface area contributed by atoms with Crippen molar-refractivity contribution in [1.29, 1.82) is 0 Å². The molecular formula is C14H18N2O3S. The molecule has 1 atom stereocenters. The maximum Gasteiger partial charge on any atom is 0.321 e. The Morgan fingerprint density at radius 3 is 3.00 bits per heavy atom. The van der Waals surface area contributed by atoms with E-state index in [-0.39, 0.29) is 12.5 Å². The van der Waals surface area contributed by atoms with E-state index in [0.717, 1.165) is 18.8 Å². The second-order valence-corrected chi connectivity index (χ2v) is 6.37. The van der Waals surface area contributed by atoms with Gasteiger partial charge < -0.3 is 15.3 Å². The van der Waals surface area contributed by atoms with Gasteiger partial charge in [0.05, 0.1) is 6.42 Å². The van der Waals surface area contributed by atoms with Crippen molar-refractivity contribution in [3.05, 3.63) is 29.8 Å². The van der Waals surface area contributed by atoms with Crippen LogP contribution in [0, 0.1) is 0 Å². The van der Waals surface area contributed by atoms with Crippen molar-refractivity contribution >= 4 is 29.4 Å². The Labute approximate surface area is 122 Å². The van der Waals surface area contributed by atoms with Crippen LogP contribution in [0.1, 0.15) is 12.5 Å². The van der Waals surface area contributed by atoms with E-state index >= 15 is 0 Å². The number of carbonyl (C=O) groups excluding carboxylic acids is 1. The highest BCUT2D eigenvalue weighted by atomic mass is 32.2. The zero-order valence-corrected chi connectivity index (χ0v) is 12.2. The van der Waals surface area contributed by atoms with Gasteiger partial charge in [-0.1, -0.05) is 19.1 Å². The molecule has 20 heavy (non-hydrogen) atoms. The highest BCUT2D eigenvalue weighted by Gasteiger charge is 2.21. The number of benzene rings is 1. The first-order chi connectivity index (χ1) is 9.54. The van der Waals surface area contributed by atoms with Gasteiger partial charge in [-0.2, -0.15) is 11.8 Å². The predicted octanol–water partition coefficient (Wildman–Crippen LogP) is 2.28. The number of rotatable bonds is 3. The number of aliphatic carboxylic acids is 1. The van der Waals surface area contributed by atoms with Crippen molar-refractivity contribution < 1.29 is 14.7 Å². The van der Waals surface area contributed by atoms with Crippen LogP contribution in [-0.2, 0) is 11.2 Å². The molecule has 0 saturated carbocycles. The van der Waals surface area contributed by atoms with E-state index in [4.69, 9.17) is 5.11 Å². The lowest BCUT2D eigenvalue weighted by molar-refractivity contribution is -0.136. The van der Waals surface area contributed by atoms with Gasteiger partial charge in [0.1, 0.15) is 0 Å². The van der Waals surface area contributed by atoms with E-state index in [0.29, 0.717) is 16.5 Å². The van der Waals surface area contributed by atoms with Crippen LogP contribution >= 0.6 is 11.8 Å². The van der Waals surface area contributed by atoms with Crippen molar-refractivity contribution in [3.63, 3.8) is 0 Å². The van der Waals surface area contributed by atoms with Crippen LogP contribution in [0.3, 0.4) is 0 Å². The number of hydrogen-bond donors (Lipinski definition) is 2. The number of amides is 2. The van der Waals surface area contributed by atoms with Gasteiger partial charge in [0.25, 0.3) is 0 Å². The lowest BCUT2D eigenvalue weighted by Gasteiger charge is -2.30. The van der Waals surface area contributed by atoms with E-state index in [1.165, 1.54) is 0 Å². The minimum Gasteiger partial charge on any atom is -0.481 e. The number of hydrogen-bond acceptors (Lipinski definition) is 3. The third-order valence-electron chi connectivity index (χ3n) is 3.06. The van der Waals surface area contributed by atoms with Crippen molar-refractivity contribution in [2.45, 2.75) is 18.6 Å². The van der Waals surface area contributed by atoms with Crippen LogP contribution in [-0.4, -0.2) is 46.1 Å². The van der Waals surface area contributed by atoms with Gasteiger partial charge in [0.2, 0.25) is 0 Å². The maximum absolute atomic E-state index is 12.1. The van der Waals surface area contributed by atoms with E-state index in [1.54, 1.807) is 29.2 Å². The molecule has 5 nitrogen and oxygen atoms in total. The lowest BCUT2D eigenvalue weighted by Crippen LogP contribution is -2.43. The molecule has 1 saturated heterocycles. The first-order valence-corrected chi connectivity index (χ1v) is 7.58. The molecule has 1 fully saturated rings. The van der Waals surface area contributed by atoms with Crippen LogP contribution in [0.4, 0.5) is 10.5 Å². The molecule has 0 bridgehead atoms. The van der Waals surface area contributed by atoms with Gasteiger partial charge in [-0.25, -0.2) is 4.79 Å². The molecule has 108 valence electrons. The van der Waals surface area contributed by atoms with Gasteiger partial charge in [-0.15, -0.1) is 0 Å².